The second-order valence-corrected chi connectivity index (χ2v) is 7.53. The van der Waals surface area contributed by atoms with Crippen molar-refractivity contribution >= 4 is 29.0 Å². The minimum atomic E-state index is -0.491. The predicted molar refractivity (Wildman–Crippen MR) is 120 cm³/mol. The topological polar surface area (TPSA) is 103 Å². The number of carbonyl (C=O) groups is 1. The number of hydrogen-bond acceptors (Lipinski definition) is 8. The molecule has 0 saturated carbocycles. The summed E-state index contributed by atoms with van der Waals surface area (Å²) in [5, 5.41) is 6.81. The molecule has 2 unspecified atom stereocenters. The number of amides is 1. The summed E-state index contributed by atoms with van der Waals surface area (Å²) < 4.78 is 0. The Hall–Kier alpha value is -3.51. The zero-order valence-corrected chi connectivity index (χ0v) is 18.0. The first-order valence-corrected chi connectivity index (χ1v) is 10.3. The first-order valence-electron chi connectivity index (χ1n) is 10.3. The number of para-hydroxylation sites is 1. The lowest BCUT2D eigenvalue weighted by atomic mass is 10.1. The van der Waals surface area contributed by atoms with E-state index in [1.807, 2.05) is 48.0 Å². The van der Waals surface area contributed by atoms with E-state index in [2.05, 4.69) is 26.9 Å². The molecule has 0 saturated heterocycles. The summed E-state index contributed by atoms with van der Waals surface area (Å²) in [7, 11) is 1.92. The quantitative estimate of drug-likeness (QED) is 0.713. The summed E-state index contributed by atoms with van der Waals surface area (Å²) in [4.78, 5) is 31.2. The van der Waals surface area contributed by atoms with Crippen molar-refractivity contribution in [1.82, 2.24) is 24.8 Å². The molecule has 3 heterocycles. The van der Waals surface area contributed by atoms with Crippen molar-refractivity contribution in [2.45, 2.75) is 32.5 Å². The fourth-order valence-electron chi connectivity index (χ4n) is 3.90. The van der Waals surface area contributed by atoms with Crippen LogP contribution in [0.4, 0.5) is 0 Å². The van der Waals surface area contributed by atoms with Gasteiger partial charge in [0, 0.05) is 31.2 Å². The lowest BCUT2D eigenvalue weighted by Crippen LogP contribution is -2.55. The van der Waals surface area contributed by atoms with Gasteiger partial charge in [0.25, 0.3) is 5.91 Å². The first kappa shape index (κ1) is 20.8. The standard InChI is InChI=1S/C22H26N8O/c1-4-5-11-29-20-18(27-22(29)28(3)12-10-23)13-24-30(21(20)31)14-19-25-15(2)16-8-6-7-9-17(16)26-19/h6-9,13,18,20H,10-12,14,23H2,1-3H3. The van der Waals surface area contributed by atoms with Crippen LogP contribution >= 0.6 is 0 Å². The van der Waals surface area contributed by atoms with Gasteiger partial charge >= 0.3 is 0 Å². The number of likely N-dealkylation sites (N-methyl/N-ethyl adjacent to an activating group) is 1. The monoisotopic (exact) mass is 418 g/mol. The van der Waals surface area contributed by atoms with Gasteiger partial charge in [-0.05, 0) is 19.9 Å². The van der Waals surface area contributed by atoms with E-state index >= 15 is 0 Å². The second kappa shape index (κ2) is 8.70. The van der Waals surface area contributed by atoms with Crippen LogP contribution in [0.15, 0.2) is 34.4 Å². The summed E-state index contributed by atoms with van der Waals surface area (Å²) >= 11 is 0. The van der Waals surface area contributed by atoms with Crippen LogP contribution in [0, 0.1) is 18.8 Å². The SMILES string of the molecule is CC#CCN1C(N(C)CCN)=NC2C=NN(Cc3nc(C)c4ccccc4n3)C(=O)C21. The number of hydrogen-bond donors (Lipinski definition) is 1. The minimum Gasteiger partial charge on any atom is -0.345 e. The Bertz CT molecular complexity index is 1120. The fourth-order valence-corrected chi connectivity index (χ4v) is 3.90. The molecule has 0 spiro atoms. The summed E-state index contributed by atoms with van der Waals surface area (Å²) in [6.07, 6.45) is 1.72. The molecule has 2 aromatic rings. The van der Waals surface area contributed by atoms with E-state index in [4.69, 9.17) is 10.7 Å². The number of rotatable bonds is 5. The van der Waals surface area contributed by atoms with Crippen molar-refractivity contribution in [2.75, 3.05) is 26.7 Å². The van der Waals surface area contributed by atoms with E-state index < -0.39 is 6.04 Å². The fraction of sp³-hybridized carbons (Fsp3) is 0.409. The van der Waals surface area contributed by atoms with Crippen LogP contribution in [0.25, 0.3) is 10.9 Å². The van der Waals surface area contributed by atoms with E-state index in [1.165, 1.54) is 5.01 Å². The number of nitrogens with zero attached hydrogens (tertiary/aromatic N) is 7. The molecule has 2 atom stereocenters. The highest BCUT2D eigenvalue weighted by Crippen LogP contribution is 2.25. The smallest absolute Gasteiger partial charge is 0.268 e. The van der Waals surface area contributed by atoms with Gasteiger partial charge in [0.05, 0.1) is 18.3 Å². The Kier molecular flexibility index (Phi) is 5.82. The number of carbonyl (C=O) groups excluding carboxylic acids is 1. The number of nitrogens with two attached hydrogens (primary N) is 1. The van der Waals surface area contributed by atoms with Gasteiger partial charge in [-0.25, -0.2) is 20.0 Å². The first-order chi connectivity index (χ1) is 15.0. The summed E-state index contributed by atoms with van der Waals surface area (Å²) in [6.45, 7) is 5.46. The number of fused-ring (bicyclic) bond motifs is 2. The highest BCUT2D eigenvalue weighted by molar-refractivity contribution is 5.99. The predicted octanol–water partition coefficient (Wildman–Crippen LogP) is 0.589. The van der Waals surface area contributed by atoms with Gasteiger partial charge in [0.2, 0.25) is 0 Å². The molecule has 1 aromatic carbocycles. The molecule has 9 nitrogen and oxygen atoms in total. The number of aryl methyl sites for hydroxylation is 1. The van der Waals surface area contributed by atoms with Crippen LogP contribution in [0.3, 0.4) is 0 Å². The molecule has 0 fully saturated rings. The summed E-state index contributed by atoms with van der Waals surface area (Å²) in [6, 6.07) is 7.00. The zero-order valence-electron chi connectivity index (χ0n) is 18.0. The third-order valence-electron chi connectivity index (χ3n) is 5.41. The number of aliphatic imine (C=N–C) groups is 1. The molecule has 4 rings (SSSR count). The molecule has 0 bridgehead atoms. The number of hydrazone groups is 1. The van der Waals surface area contributed by atoms with Crippen molar-refractivity contribution in [3.8, 4) is 11.8 Å². The van der Waals surface area contributed by atoms with Crippen LogP contribution in [0.5, 0.6) is 0 Å². The van der Waals surface area contributed by atoms with Gasteiger partial charge in [-0.1, -0.05) is 24.1 Å². The maximum absolute atomic E-state index is 13.4. The Morgan fingerprint density at radius 3 is 2.84 bits per heavy atom. The summed E-state index contributed by atoms with van der Waals surface area (Å²) in [5.74, 6) is 7.09. The second-order valence-electron chi connectivity index (χ2n) is 7.53. The van der Waals surface area contributed by atoms with Crippen LogP contribution in [-0.2, 0) is 11.3 Å². The molecule has 160 valence electrons. The summed E-state index contributed by atoms with van der Waals surface area (Å²) in [5.41, 5.74) is 7.45. The van der Waals surface area contributed by atoms with Gasteiger partial charge in [-0.2, -0.15) is 5.10 Å². The van der Waals surface area contributed by atoms with E-state index in [0.717, 1.165) is 16.6 Å². The highest BCUT2D eigenvalue weighted by atomic mass is 16.2. The minimum absolute atomic E-state index is 0.139. The average molecular weight is 419 g/mol. The van der Waals surface area contributed by atoms with E-state index in [9.17, 15) is 4.79 Å². The maximum atomic E-state index is 13.4. The van der Waals surface area contributed by atoms with Crippen LogP contribution in [-0.4, -0.2) is 81.6 Å². The van der Waals surface area contributed by atoms with Gasteiger partial charge in [-0.3, -0.25) is 4.79 Å². The van der Waals surface area contributed by atoms with Gasteiger partial charge < -0.3 is 15.5 Å². The lowest BCUT2D eigenvalue weighted by molar-refractivity contribution is -0.136. The average Bonchev–Trinajstić information content (AvgIpc) is 3.14. The van der Waals surface area contributed by atoms with E-state index in [-0.39, 0.29) is 18.5 Å². The van der Waals surface area contributed by atoms with Crippen molar-refractivity contribution in [3.63, 3.8) is 0 Å². The van der Waals surface area contributed by atoms with E-state index in [0.29, 0.717) is 31.4 Å². The third kappa shape index (κ3) is 3.94. The van der Waals surface area contributed by atoms with Crippen molar-refractivity contribution in [3.05, 3.63) is 35.8 Å². The van der Waals surface area contributed by atoms with Crippen LogP contribution in [0.1, 0.15) is 18.4 Å². The normalized spacial score (nSPS) is 19.9. The largest absolute Gasteiger partial charge is 0.345 e. The number of aromatic nitrogens is 2. The van der Waals surface area contributed by atoms with E-state index in [1.54, 1.807) is 13.1 Å². The van der Waals surface area contributed by atoms with Gasteiger partial charge in [-0.15, -0.1) is 5.92 Å². The molecule has 2 N–H and O–H groups in total. The van der Waals surface area contributed by atoms with Crippen LogP contribution < -0.4 is 5.73 Å². The van der Waals surface area contributed by atoms with Gasteiger partial charge in [0.1, 0.15) is 18.6 Å². The van der Waals surface area contributed by atoms with Crippen molar-refractivity contribution in [1.29, 1.82) is 0 Å². The van der Waals surface area contributed by atoms with Gasteiger partial charge in [0.15, 0.2) is 11.8 Å². The third-order valence-corrected chi connectivity index (χ3v) is 5.41. The molecule has 0 radical (unpaired) electrons. The molecule has 9 heteroatoms. The Balaban J connectivity index is 1.59. The Morgan fingerprint density at radius 2 is 2.06 bits per heavy atom. The maximum Gasteiger partial charge on any atom is 0.268 e. The lowest BCUT2D eigenvalue weighted by Gasteiger charge is -2.34. The molecule has 31 heavy (non-hydrogen) atoms. The molecule has 2 aliphatic rings. The molecule has 2 aliphatic heterocycles. The molecule has 0 aliphatic carbocycles. The van der Waals surface area contributed by atoms with Crippen LogP contribution in [0.2, 0.25) is 0 Å². The molecular weight excluding hydrogens is 392 g/mol. The molecule has 1 aromatic heterocycles. The van der Waals surface area contributed by atoms with Crippen molar-refractivity contribution in [2.24, 2.45) is 15.8 Å². The Labute approximate surface area is 181 Å². The molecule has 1 amide bonds. The number of benzene rings is 1. The number of guanidine groups is 1. The Morgan fingerprint density at radius 1 is 1.26 bits per heavy atom. The van der Waals surface area contributed by atoms with Crippen molar-refractivity contribution < 1.29 is 4.79 Å². The molecular formula is C22H26N8O. The highest BCUT2D eigenvalue weighted by Gasteiger charge is 2.45. The zero-order chi connectivity index (χ0) is 22.0.